The van der Waals surface area contributed by atoms with Crippen LogP contribution >= 0.6 is 0 Å². The van der Waals surface area contributed by atoms with E-state index in [2.05, 4.69) is 14.8 Å². The molecule has 0 aromatic carbocycles. The first-order chi connectivity index (χ1) is 6.70. The van der Waals surface area contributed by atoms with Crippen molar-refractivity contribution in [2.45, 2.75) is 0 Å². The molecule has 0 aliphatic rings. The molecule has 7 heteroatoms. The Morgan fingerprint density at radius 3 is 2.43 bits per heavy atom. The summed E-state index contributed by atoms with van der Waals surface area (Å²) in [6.07, 6.45) is 1.21. The standard InChI is InChI=1S/C7H5NO6/c9-6(13-11)4-2-1-3-8-5(4)7(10)14-12/h1-3,11-12H. The molecule has 0 aliphatic heterocycles. The number of aromatic nitrogens is 1. The zero-order valence-electron chi connectivity index (χ0n) is 6.71. The molecular weight excluding hydrogens is 194 g/mol. The van der Waals surface area contributed by atoms with Crippen molar-refractivity contribution in [3.63, 3.8) is 0 Å². The lowest BCUT2D eigenvalue weighted by molar-refractivity contribution is -0.185. The first-order valence-electron chi connectivity index (χ1n) is 3.37. The predicted molar refractivity (Wildman–Crippen MR) is 40.3 cm³/mol. The van der Waals surface area contributed by atoms with Crippen molar-refractivity contribution >= 4 is 11.9 Å². The molecule has 14 heavy (non-hydrogen) atoms. The highest BCUT2D eigenvalue weighted by Crippen LogP contribution is 2.07. The van der Waals surface area contributed by atoms with E-state index >= 15 is 0 Å². The van der Waals surface area contributed by atoms with Gasteiger partial charge in [-0.1, -0.05) is 0 Å². The summed E-state index contributed by atoms with van der Waals surface area (Å²) in [4.78, 5) is 31.9. The largest absolute Gasteiger partial charge is 0.391 e. The van der Waals surface area contributed by atoms with Gasteiger partial charge in [0.1, 0.15) is 0 Å². The van der Waals surface area contributed by atoms with Crippen molar-refractivity contribution in [3.8, 4) is 0 Å². The molecular formula is C7H5NO6. The van der Waals surface area contributed by atoms with Gasteiger partial charge in [-0.2, -0.15) is 10.5 Å². The van der Waals surface area contributed by atoms with Gasteiger partial charge in [-0.15, -0.1) is 0 Å². The quantitative estimate of drug-likeness (QED) is 0.522. The molecule has 0 atom stereocenters. The monoisotopic (exact) mass is 199 g/mol. The number of hydrogen-bond acceptors (Lipinski definition) is 7. The normalized spacial score (nSPS) is 9.29. The molecule has 1 aromatic heterocycles. The average Bonchev–Trinajstić information content (AvgIpc) is 2.27. The van der Waals surface area contributed by atoms with Crippen LogP contribution in [-0.2, 0) is 9.78 Å². The van der Waals surface area contributed by atoms with Crippen molar-refractivity contribution in [2.24, 2.45) is 0 Å². The summed E-state index contributed by atoms with van der Waals surface area (Å²) in [6.45, 7) is 0. The molecule has 0 unspecified atom stereocenters. The third kappa shape index (κ3) is 1.84. The van der Waals surface area contributed by atoms with Gasteiger partial charge in [0.15, 0.2) is 5.69 Å². The van der Waals surface area contributed by atoms with Crippen molar-refractivity contribution < 1.29 is 29.9 Å². The number of pyridine rings is 1. The number of carbonyl (C=O) groups is 2. The second-order valence-electron chi connectivity index (χ2n) is 2.16. The van der Waals surface area contributed by atoms with Crippen LogP contribution in [0.3, 0.4) is 0 Å². The summed E-state index contributed by atoms with van der Waals surface area (Å²) in [5, 5.41) is 16.1. The number of carbonyl (C=O) groups excluding carboxylic acids is 2. The lowest BCUT2D eigenvalue weighted by atomic mass is 10.2. The Hall–Kier alpha value is -1.99. The summed E-state index contributed by atoms with van der Waals surface area (Å²) in [7, 11) is 0. The molecule has 0 saturated carbocycles. The Labute approximate surface area is 77.4 Å². The van der Waals surface area contributed by atoms with E-state index in [0.717, 1.165) is 0 Å². The highest BCUT2D eigenvalue weighted by molar-refractivity contribution is 6.01. The number of nitrogens with zero attached hydrogens (tertiary/aromatic N) is 1. The van der Waals surface area contributed by atoms with E-state index in [1.54, 1.807) is 0 Å². The molecule has 74 valence electrons. The Balaban J connectivity index is 3.15. The Morgan fingerprint density at radius 2 is 1.86 bits per heavy atom. The zero-order valence-corrected chi connectivity index (χ0v) is 6.71. The van der Waals surface area contributed by atoms with Crippen LogP contribution in [0.2, 0.25) is 0 Å². The van der Waals surface area contributed by atoms with Crippen LogP contribution in [0.25, 0.3) is 0 Å². The van der Waals surface area contributed by atoms with Crippen LogP contribution in [0.1, 0.15) is 20.8 Å². The third-order valence-corrected chi connectivity index (χ3v) is 1.39. The van der Waals surface area contributed by atoms with E-state index in [1.807, 2.05) is 0 Å². The fourth-order valence-corrected chi connectivity index (χ4v) is 0.825. The summed E-state index contributed by atoms with van der Waals surface area (Å²) < 4.78 is 0. The molecule has 2 N–H and O–H groups in total. The SMILES string of the molecule is O=C(OO)c1cccnc1C(=O)OO. The molecule has 1 aromatic rings. The van der Waals surface area contributed by atoms with Crippen LogP contribution in [0.4, 0.5) is 0 Å². The minimum Gasteiger partial charge on any atom is -0.295 e. The first-order valence-corrected chi connectivity index (χ1v) is 3.37. The molecule has 0 amide bonds. The summed E-state index contributed by atoms with van der Waals surface area (Å²) in [5.74, 6) is -2.38. The maximum Gasteiger partial charge on any atom is 0.391 e. The summed E-state index contributed by atoms with van der Waals surface area (Å²) in [5.41, 5.74) is -0.761. The fourth-order valence-electron chi connectivity index (χ4n) is 0.825. The highest BCUT2D eigenvalue weighted by Gasteiger charge is 2.20. The Morgan fingerprint density at radius 1 is 1.21 bits per heavy atom. The van der Waals surface area contributed by atoms with Gasteiger partial charge in [0.25, 0.3) is 0 Å². The van der Waals surface area contributed by atoms with Gasteiger partial charge >= 0.3 is 11.9 Å². The average molecular weight is 199 g/mol. The van der Waals surface area contributed by atoms with E-state index in [0.29, 0.717) is 0 Å². The number of hydrogen-bond donors (Lipinski definition) is 2. The minimum absolute atomic E-state index is 0.311. The molecule has 7 nitrogen and oxygen atoms in total. The lowest BCUT2D eigenvalue weighted by Crippen LogP contribution is -2.13. The molecule has 0 aliphatic carbocycles. The molecule has 1 rings (SSSR count). The lowest BCUT2D eigenvalue weighted by Gasteiger charge is -2.01. The maximum atomic E-state index is 10.9. The highest BCUT2D eigenvalue weighted by atomic mass is 17.1. The van der Waals surface area contributed by atoms with Crippen molar-refractivity contribution in [3.05, 3.63) is 29.6 Å². The van der Waals surface area contributed by atoms with Crippen molar-refractivity contribution in [2.75, 3.05) is 0 Å². The zero-order chi connectivity index (χ0) is 10.6. The second kappa shape index (κ2) is 4.30. The van der Waals surface area contributed by atoms with Gasteiger partial charge in [-0.25, -0.2) is 14.6 Å². The van der Waals surface area contributed by atoms with Crippen LogP contribution in [0, 0.1) is 0 Å². The van der Waals surface area contributed by atoms with Gasteiger partial charge in [-0.3, -0.25) is 9.78 Å². The smallest absolute Gasteiger partial charge is 0.295 e. The molecule has 0 fully saturated rings. The fraction of sp³-hybridized carbons (Fsp3) is 0. The minimum atomic E-state index is -1.22. The third-order valence-electron chi connectivity index (χ3n) is 1.39. The number of rotatable bonds is 2. The molecule has 1 heterocycles. The van der Waals surface area contributed by atoms with Gasteiger partial charge < -0.3 is 0 Å². The van der Waals surface area contributed by atoms with Crippen LogP contribution in [0.5, 0.6) is 0 Å². The van der Waals surface area contributed by atoms with E-state index in [9.17, 15) is 9.59 Å². The van der Waals surface area contributed by atoms with Gasteiger partial charge in [0, 0.05) is 6.20 Å². The first kappa shape index (κ1) is 10.1. The predicted octanol–water partition coefficient (Wildman–Crippen LogP) is 0.341. The molecule has 0 spiro atoms. The van der Waals surface area contributed by atoms with Crippen LogP contribution in [-0.4, -0.2) is 27.4 Å². The van der Waals surface area contributed by atoms with Crippen molar-refractivity contribution in [1.82, 2.24) is 4.98 Å². The van der Waals surface area contributed by atoms with Crippen molar-refractivity contribution in [1.29, 1.82) is 0 Å². The molecule has 0 saturated heterocycles. The Bertz CT molecular complexity index is 328. The van der Waals surface area contributed by atoms with E-state index in [-0.39, 0.29) is 5.56 Å². The summed E-state index contributed by atoms with van der Waals surface area (Å²) in [6, 6.07) is 2.53. The Kier molecular flexibility index (Phi) is 3.10. The maximum absolute atomic E-state index is 10.9. The van der Waals surface area contributed by atoms with Crippen LogP contribution < -0.4 is 0 Å². The van der Waals surface area contributed by atoms with E-state index in [4.69, 9.17) is 10.5 Å². The van der Waals surface area contributed by atoms with Gasteiger partial charge in [0.2, 0.25) is 0 Å². The van der Waals surface area contributed by atoms with E-state index in [1.165, 1.54) is 18.3 Å². The summed E-state index contributed by atoms with van der Waals surface area (Å²) >= 11 is 0. The van der Waals surface area contributed by atoms with E-state index < -0.39 is 17.6 Å². The second-order valence-corrected chi connectivity index (χ2v) is 2.16. The van der Waals surface area contributed by atoms with Crippen LogP contribution in [0.15, 0.2) is 18.3 Å². The molecule has 0 bridgehead atoms. The van der Waals surface area contributed by atoms with Gasteiger partial charge in [0.05, 0.1) is 5.56 Å². The molecule has 0 radical (unpaired) electrons. The topological polar surface area (TPSA) is 106 Å². The van der Waals surface area contributed by atoms with Gasteiger partial charge in [-0.05, 0) is 12.1 Å².